The van der Waals surface area contributed by atoms with Crippen molar-refractivity contribution in [2.75, 3.05) is 18.4 Å². The molecule has 25 heavy (non-hydrogen) atoms. The Bertz CT molecular complexity index is 726. The van der Waals surface area contributed by atoms with Crippen LogP contribution in [-0.4, -0.2) is 46.0 Å². The van der Waals surface area contributed by atoms with Gasteiger partial charge in [-0.3, -0.25) is 14.4 Å². The molecule has 0 bridgehead atoms. The Morgan fingerprint density at radius 2 is 2.04 bits per heavy atom. The Hall–Kier alpha value is -2.15. The van der Waals surface area contributed by atoms with Crippen molar-refractivity contribution in [2.24, 2.45) is 4.99 Å². The summed E-state index contributed by atoms with van der Waals surface area (Å²) >= 11 is 1.38. The van der Waals surface area contributed by atoms with Crippen molar-refractivity contribution in [3.8, 4) is 0 Å². The fourth-order valence-electron chi connectivity index (χ4n) is 2.93. The van der Waals surface area contributed by atoms with Crippen LogP contribution in [-0.2, 0) is 9.59 Å². The summed E-state index contributed by atoms with van der Waals surface area (Å²) in [5, 5.41) is 3.04. The van der Waals surface area contributed by atoms with Crippen molar-refractivity contribution in [3.05, 3.63) is 29.8 Å². The first-order valence-corrected chi connectivity index (χ1v) is 9.36. The van der Waals surface area contributed by atoms with Crippen LogP contribution in [0.25, 0.3) is 0 Å². The average Bonchev–Trinajstić information content (AvgIpc) is 2.96. The summed E-state index contributed by atoms with van der Waals surface area (Å²) in [6.07, 6.45) is 3.53. The number of likely N-dealkylation sites (tertiary alicyclic amines) is 1. The van der Waals surface area contributed by atoms with Crippen molar-refractivity contribution < 1.29 is 14.4 Å². The summed E-state index contributed by atoms with van der Waals surface area (Å²) in [6.45, 7) is 3.33. The molecule has 0 spiro atoms. The maximum absolute atomic E-state index is 12.3. The number of nitrogens with one attached hydrogen (secondary N) is 1. The van der Waals surface area contributed by atoms with Gasteiger partial charge >= 0.3 is 0 Å². The van der Waals surface area contributed by atoms with Crippen molar-refractivity contribution in [2.45, 2.75) is 37.9 Å². The van der Waals surface area contributed by atoms with Gasteiger partial charge in [0.25, 0.3) is 5.91 Å². The number of benzene rings is 1. The highest BCUT2D eigenvalue weighted by atomic mass is 32.2. The maximum atomic E-state index is 12.3. The molecule has 1 aromatic rings. The Morgan fingerprint density at radius 1 is 1.28 bits per heavy atom. The number of aliphatic imine (C=N–C) groups is 1. The van der Waals surface area contributed by atoms with Crippen LogP contribution in [0.3, 0.4) is 0 Å². The molecule has 2 aliphatic heterocycles. The van der Waals surface area contributed by atoms with Gasteiger partial charge in [0.05, 0.1) is 0 Å². The molecule has 2 heterocycles. The van der Waals surface area contributed by atoms with Crippen LogP contribution < -0.4 is 5.32 Å². The van der Waals surface area contributed by atoms with Gasteiger partial charge in [0.15, 0.2) is 11.0 Å². The number of piperidine rings is 1. The van der Waals surface area contributed by atoms with Gasteiger partial charge in [-0.15, -0.1) is 0 Å². The highest BCUT2D eigenvalue weighted by Gasteiger charge is 2.33. The molecule has 1 aromatic carbocycles. The maximum Gasteiger partial charge on any atom is 0.262 e. The lowest BCUT2D eigenvalue weighted by atomic mass is 10.1. The third kappa shape index (κ3) is 4.48. The second kappa shape index (κ2) is 7.82. The van der Waals surface area contributed by atoms with E-state index in [0.717, 1.165) is 31.1 Å². The van der Waals surface area contributed by atoms with Crippen LogP contribution >= 0.6 is 11.8 Å². The summed E-state index contributed by atoms with van der Waals surface area (Å²) in [7, 11) is 0. The minimum absolute atomic E-state index is 0.0581. The van der Waals surface area contributed by atoms with Crippen LogP contribution in [0, 0.1) is 0 Å². The van der Waals surface area contributed by atoms with Gasteiger partial charge < -0.3 is 10.2 Å². The standard InChI is InChI=1S/C18H21N3O3S/c1-12(22)13-6-5-7-14(10-13)19-16(23)11-15-17(24)20-18(25-15)21-8-3-2-4-9-21/h5-7,10,15H,2-4,8-9,11H2,1H3,(H,19,23)/t15-/m0/s1. The zero-order valence-corrected chi connectivity index (χ0v) is 15.0. The predicted octanol–water partition coefficient (Wildman–Crippen LogP) is 2.70. The monoisotopic (exact) mass is 359 g/mol. The summed E-state index contributed by atoms with van der Waals surface area (Å²) in [5.41, 5.74) is 1.10. The molecule has 0 unspecified atom stereocenters. The molecule has 132 valence electrons. The quantitative estimate of drug-likeness (QED) is 0.836. The molecule has 1 saturated heterocycles. The van der Waals surface area contributed by atoms with E-state index in [1.807, 2.05) is 0 Å². The topological polar surface area (TPSA) is 78.8 Å². The summed E-state index contributed by atoms with van der Waals surface area (Å²) in [6, 6.07) is 6.79. The molecule has 2 aliphatic rings. The van der Waals surface area contributed by atoms with Gasteiger partial charge in [-0.05, 0) is 38.3 Å². The molecule has 1 atom stereocenters. The van der Waals surface area contributed by atoms with Crippen molar-refractivity contribution in [1.82, 2.24) is 4.90 Å². The third-order valence-corrected chi connectivity index (χ3v) is 5.49. The van der Waals surface area contributed by atoms with E-state index in [2.05, 4.69) is 15.2 Å². The number of Topliss-reactive ketones (excluding diaryl/α,β-unsaturated/α-hetero) is 1. The Kier molecular flexibility index (Phi) is 5.53. The summed E-state index contributed by atoms with van der Waals surface area (Å²) in [4.78, 5) is 42.0. The first kappa shape index (κ1) is 17.7. The second-order valence-corrected chi connectivity index (χ2v) is 7.45. The fourth-order valence-corrected chi connectivity index (χ4v) is 4.04. The molecule has 6 nitrogen and oxygen atoms in total. The first-order chi connectivity index (χ1) is 12.0. The number of rotatable bonds is 4. The van der Waals surface area contributed by atoms with Crippen molar-refractivity contribution >= 4 is 40.2 Å². The lowest BCUT2D eigenvalue weighted by Gasteiger charge is -2.27. The molecule has 0 radical (unpaired) electrons. The zero-order chi connectivity index (χ0) is 17.8. The van der Waals surface area contributed by atoms with E-state index in [4.69, 9.17) is 0 Å². The Morgan fingerprint density at radius 3 is 2.76 bits per heavy atom. The number of carbonyl (C=O) groups excluding carboxylic acids is 3. The largest absolute Gasteiger partial charge is 0.351 e. The molecule has 0 aromatic heterocycles. The normalized spacial score (nSPS) is 20.4. The van der Waals surface area contributed by atoms with E-state index in [1.54, 1.807) is 24.3 Å². The minimum Gasteiger partial charge on any atom is -0.351 e. The highest BCUT2D eigenvalue weighted by Crippen LogP contribution is 2.29. The SMILES string of the molecule is CC(=O)c1cccc(NC(=O)C[C@@H]2SC(N3CCCCC3)=NC2=O)c1. The van der Waals surface area contributed by atoms with Gasteiger partial charge in [0, 0.05) is 30.8 Å². The molecule has 2 amide bonds. The number of amidine groups is 1. The number of hydrogen-bond acceptors (Lipinski definition) is 5. The first-order valence-electron chi connectivity index (χ1n) is 8.48. The smallest absolute Gasteiger partial charge is 0.262 e. The van der Waals surface area contributed by atoms with Crippen LogP contribution in [0.4, 0.5) is 5.69 Å². The molecule has 0 saturated carbocycles. The molecular weight excluding hydrogens is 338 g/mol. The molecule has 1 N–H and O–H groups in total. The average molecular weight is 359 g/mol. The Labute approximate surface area is 151 Å². The van der Waals surface area contributed by atoms with E-state index in [9.17, 15) is 14.4 Å². The molecule has 1 fully saturated rings. The van der Waals surface area contributed by atoms with Crippen molar-refractivity contribution in [3.63, 3.8) is 0 Å². The second-order valence-electron chi connectivity index (χ2n) is 6.28. The zero-order valence-electron chi connectivity index (χ0n) is 14.2. The Balaban J connectivity index is 1.56. The molecule has 3 rings (SSSR count). The molecule has 7 heteroatoms. The van der Waals surface area contributed by atoms with Gasteiger partial charge in [-0.25, -0.2) is 0 Å². The minimum atomic E-state index is -0.465. The molecular formula is C18H21N3O3S. The predicted molar refractivity (Wildman–Crippen MR) is 98.9 cm³/mol. The van der Waals surface area contributed by atoms with Gasteiger partial charge in [-0.1, -0.05) is 23.9 Å². The van der Waals surface area contributed by atoms with Gasteiger partial charge in [0.2, 0.25) is 5.91 Å². The van der Waals surface area contributed by atoms with Crippen LogP contribution in [0.2, 0.25) is 0 Å². The lowest BCUT2D eigenvalue weighted by Crippen LogP contribution is -2.33. The highest BCUT2D eigenvalue weighted by molar-refractivity contribution is 8.15. The number of carbonyl (C=O) groups is 3. The van der Waals surface area contributed by atoms with E-state index < -0.39 is 5.25 Å². The fraction of sp³-hybridized carbons (Fsp3) is 0.444. The summed E-state index contributed by atoms with van der Waals surface area (Å²) in [5.74, 6) is -0.544. The number of ketones is 1. The third-order valence-electron chi connectivity index (χ3n) is 4.28. The van der Waals surface area contributed by atoms with E-state index >= 15 is 0 Å². The van der Waals surface area contributed by atoms with E-state index in [1.165, 1.54) is 25.1 Å². The van der Waals surface area contributed by atoms with Gasteiger partial charge in [0.1, 0.15) is 5.25 Å². The number of nitrogens with zero attached hydrogens (tertiary/aromatic N) is 2. The number of anilines is 1. The number of thioether (sulfide) groups is 1. The van der Waals surface area contributed by atoms with E-state index in [-0.39, 0.29) is 24.0 Å². The summed E-state index contributed by atoms with van der Waals surface area (Å²) < 4.78 is 0. The number of hydrogen-bond donors (Lipinski definition) is 1. The van der Waals surface area contributed by atoms with Crippen LogP contribution in [0.1, 0.15) is 43.0 Å². The lowest BCUT2D eigenvalue weighted by molar-refractivity contribution is -0.121. The van der Waals surface area contributed by atoms with Gasteiger partial charge in [-0.2, -0.15) is 4.99 Å². The van der Waals surface area contributed by atoms with E-state index in [0.29, 0.717) is 11.3 Å². The number of amides is 2. The van der Waals surface area contributed by atoms with Crippen LogP contribution in [0.15, 0.2) is 29.3 Å². The van der Waals surface area contributed by atoms with Crippen molar-refractivity contribution in [1.29, 1.82) is 0 Å². The molecule has 0 aliphatic carbocycles. The van der Waals surface area contributed by atoms with Crippen LogP contribution in [0.5, 0.6) is 0 Å².